The van der Waals surface area contributed by atoms with Crippen LogP contribution >= 0.6 is 11.6 Å². The van der Waals surface area contributed by atoms with E-state index in [9.17, 15) is 18.0 Å². The molecule has 0 heterocycles. The van der Waals surface area contributed by atoms with Gasteiger partial charge in [-0.05, 0) is 55.0 Å². The predicted octanol–water partition coefficient (Wildman–Crippen LogP) is 4.40. The molecule has 3 aromatic rings. The predicted molar refractivity (Wildman–Crippen MR) is 115 cm³/mol. The first kappa shape index (κ1) is 21.4. The van der Waals surface area contributed by atoms with Crippen LogP contribution in [0.25, 0.3) is 0 Å². The lowest BCUT2D eigenvalue weighted by Gasteiger charge is -2.12. The largest absolute Gasteiger partial charge is 0.478 e. The molecule has 30 heavy (non-hydrogen) atoms. The maximum atomic E-state index is 12.8. The van der Waals surface area contributed by atoms with E-state index in [0.717, 1.165) is 5.56 Å². The second-order valence-electron chi connectivity index (χ2n) is 6.40. The van der Waals surface area contributed by atoms with Gasteiger partial charge in [0.05, 0.1) is 26.7 Å². The molecule has 0 radical (unpaired) electrons. The number of para-hydroxylation sites is 1. The summed E-state index contributed by atoms with van der Waals surface area (Å²) in [6.07, 6.45) is 0. The first-order valence-electron chi connectivity index (χ1n) is 8.70. The van der Waals surface area contributed by atoms with Crippen molar-refractivity contribution < 1.29 is 23.1 Å². The fourth-order valence-corrected chi connectivity index (χ4v) is 4.03. The van der Waals surface area contributed by atoms with Crippen LogP contribution in [0.2, 0.25) is 5.02 Å². The minimum Gasteiger partial charge on any atom is -0.478 e. The number of halogens is 1. The number of aromatic carboxylic acids is 1. The monoisotopic (exact) mass is 444 g/mol. The van der Waals surface area contributed by atoms with E-state index in [1.807, 2.05) is 0 Å². The Labute approximate surface area is 178 Å². The lowest BCUT2D eigenvalue weighted by molar-refractivity contribution is 0.0696. The minimum atomic E-state index is -3.97. The summed E-state index contributed by atoms with van der Waals surface area (Å²) in [5.74, 6) is -1.81. The van der Waals surface area contributed by atoms with Gasteiger partial charge in [-0.2, -0.15) is 0 Å². The van der Waals surface area contributed by atoms with Gasteiger partial charge in [0, 0.05) is 5.69 Å². The Morgan fingerprint density at radius 3 is 2.40 bits per heavy atom. The van der Waals surface area contributed by atoms with Gasteiger partial charge in [0.1, 0.15) is 0 Å². The maximum Gasteiger partial charge on any atom is 0.335 e. The number of amides is 1. The van der Waals surface area contributed by atoms with Gasteiger partial charge in [-0.15, -0.1) is 0 Å². The Hall–Kier alpha value is -3.36. The quantitative estimate of drug-likeness (QED) is 0.521. The number of benzene rings is 3. The third kappa shape index (κ3) is 4.79. The van der Waals surface area contributed by atoms with E-state index in [0.29, 0.717) is 5.69 Å². The van der Waals surface area contributed by atoms with Crippen molar-refractivity contribution in [2.45, 2.75) is 11.8 Å². The van der Waals surface area contributed by atoms with E-state index in [1.54, 1.807) is 31.2 Å². The van der Waals surface area contributed by atoms with Crippen LogP contribution in [-0.2, 0) is 10.0 Å². The van der Waals surface area contributed by atoms with Crippen molar-refractivity contribution >= 4 is 44.9 Å². The first-order chi connectivity index (χ1) is 14.2. The molecule has 0 fully saturated rings. The molecule has 0 saturated heterocycles. The summed E-state index contributed by atoms with van der Waals surface area (Å²) in [7, 11) is -3.97. The van der Waals surface area contributed by atoms with Crippen LogP contribution in [-0.4, -0.2) is 25.4 Å². The molecule has 3 N–H and O–H groups in total. The molecule has 0 aliphatic rings. The molecule has 7 nitrogen and oxygen atoms in total. The van der Waals surface area contributed by atoms with Crippen molar-refractivity contribution in [3.8, 4) is 0 Å². The third-order valence-corrected chi connectivity index (χ3v) is 5.94. The molecule has 154 valence electrons. The van der Waals surface area contributed by atoms with Crippen molar-refractivity contribution in [2.24, 2.45) is 0 Å². The van der Waals surface area contributed by atoms with Gasteiger partial charge >= 0.3 is 5.97 Å². The van der Waals surface area contributed by atoms with Crippen LogP contribution < -0.4 is 10.0 Å². The molecule has 0 atom stereocenters. The molecule has 0 spiro atoms. The fourth-order valence-electron chi connectivity index (χ4n) is 2.67. The zero-order valence-corrected chi connectivity index (χ0v) is 17.3. The number of aryl methyl sites for hydroxylation is 1. The van der Waals surface area contributed by atoms with Crippen molar-refractivity contribution in [3.05, 3.63) is 88.4 Å². The average molecular weight is 445 g/mol. The number of rotatable bonds is 6. The van der Waals surface area contributed by atoms with Crippen LogP contribution in [0, 0.1) is 6.92 Å². The topological polar surface area (TPSA) is 113 Å². The number of carboxylic acids is 1. The molecule has 9 heteroatoms. The molecule has 0 aliphatic carbocycles. The molecule has 0 aliphatic heterocycles. The maximum absolute atomic E-state index is 12.8. The van der Waals surface area contributed by atoms with Gasteiger partial charge in [-0.1, -0.05) is 35.9 Å². The summed E-state index contributed by atoms with van der Waals surface area (Å²) in [5, 5.41) is 11.6. The lowest BCUT2D eigenvalue weighted by Crippen LogP contribution is -2.17. The van der Waals surface area contributed by atoms with Crippen LogP contribution in [0.5, 0.6) is 0 Å². The van der Waals surface area contributed by atoms with Crippen LogP contribution in [0.15, 0.2) is 71.6 Å². The molecule has 0 aromatic heterocycles. The summed E-state index contributed by atoms with van der Waals surface area (Å²) >= 11 is 6.10. The number of hydrogen-bond acceptors (Lipinski definition) is 4. The highest BCUT2D eigenvalue weighted by molar-refractivity contribution is 7.92. The summed E-state index contributed by atoms with van der Waals surface area (Å²) in [5.41, 5.74) is 1.33. The Balaban J connectivity index is 1.89. The Bertz CT molecular complexity index is 1240. The van der Waals surface area contributed by atoms with Crippen molar-refractivity contribution in [1.29, 1.82) is 0 Å². The molecule has 3 aromatic carbocycles. The molecule has 0 unspecified atom stereocenters. The summed E-state index contributed by atoms with van der Waals surface area (Å²) in [6.45, 7) is 1.77. The summed E-state index contributed by atoms with van der Waals surface area (Å²) in [4.78, 5) is 23.6. The smallest absolute Gasteiger partial charge is 0.335 e. The van der Waals surface area contributed by atoms with E-state index in [-0.39, 0.29) is 26.7 Å². The number of anilines is 2. The van der Waals surface area contributed by atoms with E-state index >= 15 is 0 Å². The van der Waals surface area contributed by atoms with Crippen molar-refractivity contribution in [3.63, 3.8) is 0 Å². The van der Waals surface area contributed by atoms with Crippen molar-refractivity contribution in [2.75, 3.05) is 10.0 Å². The SMILES string of the molecule is Cc1ccccc1NS(=O)(=O)c1ccc(Cl)c(C(=O)Nc2cccc(C(=O)O)c2)c1. The number of carbonyl (C=O) groups is 2. The molecule has 1 amide bonds. The second kappa shape index (κ2) is 8.56. The number of nitrogens with one attached hydrogen (secondary N) is 2. The Morgan fingerprint density at radius 2 is 1.70 bits per heavy atom. The number of hydrogen-bond donors (Lipinski definition) is 3. The highest BCUT2D eigenvalue weighted by Crippen LogP contribution is 2.25. The molecule has 3 rings (SSSR count). The highest BCUT2D eigenvalue weighted by Gasteiger charge is 2.20. The van der Waals surface area contributed by atoms with Gasteiger partial charge < -0.3 is 10.4 Å². The zero-order chi connectivity index (χ0) is 21.9. The van der Waals surface area contributed by atoms with E-state index < -0.39 is 21.9 Å². The van der Waals surface area contributed by atoms with Gasteiger partial charge in [-0.25, -0.2) is 13.2 Å². The number of carboxylic acid groups (broad SMARTS) is 1. The first-order valence-corrected chi connectivity index (χ1v) is 10.6. The van der Waals surface area contributed by atoms with Gasteiger partial charge in [-0.3, -0.25) is 9.52 Å². The number of sulfonamides is 1. The van der Waals surface area contributed by atoms with Crippen LogP contribution in [0.3, 0.4) is 0 Å². The zero-order valence-electron chi connectivity index (χ0n) is 15.7. The van der Waals surface area contributed by atoms with Crippen LogP contribution in [0.4, 0.5) is 11.4 Å². The van der Waals surface area contributed by atoms with Crippen molar-refractivity contribution in [1.82, 2.24) is 0 Å². The normalized spacial score (nSPS) is 11.0. The van der Waals surface area contributed by atoms with E-state index in [1.165, 1.54) is 42.5 Å². The van der Waals surface area contributed by atoms with E-state index in [2.05, 4.69) is 10.0 Å². The summed E-state index contributed by atoms with van der Waals surface area (Å²) < 4.78 is 28.0. The molecule has 0 bridgehead atoms. The van der Waals surface area contributed by atoms with Gasteiger partial charge in [0.15, 0.2) is 0 Å². The summed E-state index contributed by atoms with van der Waals surface area (Å²) in [6, 6.07) is 16.3. The third-order valence-electron chi connectivity index (χ3n) is 4.25. The van der Waals surface area contributed by atoms with Crippen LogP contribution in [0.1, 0.15) is 26.3 Å². The molecular formula is C21H17ClN2O5S. The van der Waals surface area contributed by atoms with Gasteiger partial charge in [0.25, 0.3) is 15.9 Å². The standard InChI is InChI=1S/C21H17ClN2O5S/c1-13-5-2-3-8-19(13)24-30(28,29)16-9-10-18(22)17(12-16)20(25)23-15-7-4-6-14(11-15)21(26)27/h2-12,24H,1H3,(H,23,25)(H,26,27). The lowest BCUT2D eigenvalue weighted by atomic mass is 10.1. The second-order valence-corrected chi connectivity index (χ2v) is 8.49. The highest BCUT2D eigenvalue weighted by atomic mass is 35.5. The fraction of sp³-hybridized carbons (Fsp3) is 0.0476. The average Bonchev–Trinajstić information content (AvgIpc) is 2.70. The van der Waals surface area contributed by atoms with E-state index in [4.69, 9.17) is 16.7 Å². The van der Waals surface area contributed by atoms with Gasteiger partial charge in [0.2, 0.25) is 0 Å². The molecule has 0 saturated carbocycles. The Kier molecular flexibility index (Phi) is 6.09. The number of carbonyl (C=O) groups excluding carboxylic acids is 1. The Morgan fingerprint density at radius 1 is 0.967 bits per heavy atom. The minimum absolute atomic E-state index is 0.00217. The molecular weight excluding hydrogens is 428 g/mol.